The Morgan fingerprint density at radius 2 is 2.10 bits per heavy atom. The molecule has 1 aliphatic rings. The number of amides is 2. The molecule has 3 aromatic rings. The lowest BCUT2D eigenvalue weighted by atomic mass is 9.94. The summed E-state index contributed by atoms with van der Waals surface area (Å²) in [4.78, 5) is 43.6. The SMILES string of the molecule is Cc1ccc(NC(=O)c2cnn3c2C[C@@H](CNC(=O)c2cccnc2)CC3)c(=O)[nH]1. The number of aromatic amines is 1. The van der Waals surface area contributed by atoms with Crippen molar-refractivity contribution in [2.45, 2.75) is 26.3 Å². The standard InChI is InChI=1S/C21H22N6O3/c1-13-4-5-17(21(30)25-13)26-20(29)16-12-24-27-8-6-14(9-18(16)27)10-23-19(28)15-3-2-7-22-11-15/h2-5,7,11-12,14H,6,8-10H2,1H3,(H,23,28)(H,25,30)(H,26,29)/t14-/m0/s1. The quantitative estimate of drug-likeness (QED) is 0.593. The Morgan fingerprint density at radius 1 is 1.23 bits per heavy atom. The topological polar surface area (TPSA) is 122 Å². The predicted molar refractivity (Wildman–Crippen MR) is 110 cm³/mol. The first kappa shape index (κ1) is 19.6. The number of aryl methyl sites for hydroxylation is 2. The summed E-state index contributed by atoms with van der Waals surface area (Å²) in [7, 11) is 0. The van der Waals surface area contributed by atoms with Gasteiger partial charge in [-0.2, -0.15) is 5.10 Å². The molecule has 3 aromatic heterocycles. The number of hydrogen-bond acceptors (Lipinski definition) is 5. The first-order valence-corrected chi connectivity index (χ1v) is 9.75. The van der Waals surface area contributed by atoms with Crippen LogP contribution < -0.4 is 16.2 Å². The fraction of sp³-hybridized carbons (Fsp3) is 0.286. The number of fused-ring (bicyclic) bond motifs is 1. The molecule has 3 N–H and O–H groups in total. The highest BCUT2D eigenvalue weighted by Crippen LogP contribution is 2.23. The second kappa shape index (κ2) is 8.32. The molecule has 154 valence electrons. The molecular weight excluding hydrogens is 384 g/mol. The van der Waals surface area contributed by atoms with Crippen LogP contribution in [0.2, 0.25) is 0 Å². The smallest absolute Gasteiger partial charge is 0.271 e. The van der Waals surface area contributed by atoms with Gasteiger partial charge in [0.1, 0.15) is 5.69 Å². The van der Waals surface area contributed by atoms with Crippen molar-refractivity contribution < 1.29 is 9.59 Å². The molecule has 0 saturated carbocycles. The summed E-state index contributed by atoms with van der Waals surface area (Å²) in [6.07, 6.45) is 6.14. The van der Waals surface area contributed by atoms with E-state index in [1.54, 1.807) is 37.4 Å². The van der Waals surface area contributed by atoms with Gasteiger partial charge in [-0.25, -0.2) is 0 Å². The van der Waals surface area contributed by atoms with Gasteiger partial charge < -0.3 is 15.6 Å². The van der Waals surface area contributed by atoms with E-state index in [1.165, 1.54) is 12.4 Å². The number of hydrogen-bond donors (Lipinski definition) is 3. The minimum Gasteiger partial charge on any atom is -0.352 e. The average Bonchev–Trinajstić information content (AvgIpc) is 3.18. The Hall–Kier alpha value is -3.75. The highest BCUT2D eigenvalue weighted by atomic mass is 16.2. The minimum absolute atomic E-state index is 0.168. The van der Waals surface area contributed by atoms with Crippen molar-refractivity contribution in [3.05, 3.63) is 75.7 Å². The fourth-order valence-corrected chi connectivity index (χ4v) is 3.56. The van der Waals surface area contributed by atoms with Gasteiger partial charge in [-0.3, -0.25) is 24.0 Å². The van der Waals surface area contributed by atoms with Crippen LogP contribution in [0.3, 0.4) is 0 Å². The van der Waals surface area contributed by atoms with E-state index < -0.39 is 0 Å². The summed E-state index contributed by atoms with van der Waals surface area (Å²) in [5.41, 5.74) is 2.34. The molecule has 0 radical (unpaired) electrons. The largest absolute Gasteiger partial charge is 0.352 e. The van der Waals surface area contributed by atoms with Crippen LogP contribution >= 0.6 is 0 Å². The predicted octanol–water partition coefficient (Wildman–Crippen LogP) is 1.52. The van der Waals surface area contributed by atoms with E-state index in [9.17, 15) is 14.4 Å². The second-order valence-corrected chi connectivity index (χ2v) is 7.38. The lowest BCUT2D eigenvalue weighted by Crippen LogP contribution is -2.34. The van der Waals surface area contributed by atoms with Crippen LogP contribution in [-0.2, 0) is 13.0 Å². The molecule has 4 heterocycles. The second-order valence-electron chi connectivity index (χ2n) is 7.38. The van der Waals surface area contributed by atoms with E-state index in [4.69, 9.17) is 0 Å². The monoisotopic (exact) mass is 406 g/mol. The van der Waals surface area contributed by atoms with Crippen molar-refractivity contribution in [1.29, 1.82) is 0 Å². The highest BCUT2D eigenvalue weighted by Gasteiger charge is 2.26. The molecule has 9 heteroatoms. The van der Waals surface area contributed by atoms with E-state index in [-0.39, 0.29) is 29.0 Å². The van der Waals surface area contributed by atoms with Crippen LogP contribution in [0.25, 0.3) is 0 Å². The van der Waals surface area contributed by atoms with Gasteiger partial charge in [0.25, 0.3) is 17.4 Å². The minimum atomic E-state index is -0.370. The molecule has 0 bridgehead atoms. The third-order valence-electron chi connectivity index (χ3n) is 5.20. The number of carbonyl (C=O) groups excluding carboxylic acids is 2. The number of pyridine rings is 2. The Balaban J connectivity index is 1.42. The zero-order chi connectivity index (χ0) is 21.1. The zero-order valence-electron chi connectivity index (χ0n) is 16.5. The molecule has 30 heavy (non-hydrogen) atoms. The van der Waals surface area contributed by atoms with Crippen molar-refractivity contribution in [3.63, 3.8) is 0 Å². The number of anilines is 1. The van der Waals surface area contributed by atoms with Gasteiger partial charge in [0.05, 0.1) is 23.0 Å². The zero-order valence-corrected chi connectivity index (χ0v) is 16.5. The Kier molecular flexibility index (Phi) is 5.42. The maximum atomic E-state index is 12.7. The van der Waals surface area contributed by atoms with Gasteiger partial charge in [-0.15, -0.1) is 0 Å². The number of rotatable bonds is 5. The van der Waals surface area contributed by atoms with Gasteiger partial charge in [0.2, 0.25) is 0 Å². The van der Waals surface area contributed by atoms with Gasteiger partial charge in [-0.05, 0) is 49.9 Å². The van der Waals surface area contributed by atoms with Crippen LogP contribution in [0.1, 0.15) is 38.5 Å². The Labute approximate surface area is 172 Å². The molecule has 0 saturated heterocycles. The van der Waals surface area contributed by atoms with Gasteiger partial charge >= 0.3 is 0 Å². The Morgan fingerprint density at radius 3 is 2.87 bits per heavy atom. The highest BCUT2D eigenvalue weighted by molar-refractivity contribution is 6.04. The lowest BCUT2D eigenvalue weighted by Gasteiger charge is -2.24. The Bertz CT molecular complexity index is 1140. The van der Waals surface area contributed by atoms with Crippen LogP contribution in [0, 0.1) is 12.8 Å². The summed E-state index contributed by atoms with van der Waals surface area (Å²) in [6, 6.07) is 6.75. The molecule has 9 nitrogen and oxygen atoms in total. The normalized spacial score (nSPS) is 15.3. The van der Waals surface area contributed by atoms with Crippen molar-refractivity contribution in [2.24, 2.45) is 5.92 Å². The summed E-state index contributed by atoms with van der Waals surface area (Å²) < 4.78 is 1.81. The number of H-pyrrole nitrogens is 1. The summed E-state index contributed by atoms with van der Waals surface area (Å²) in [6.45, 7) is 2.94. The molecule has 0 aromatic carbocycles. The molecule has 0 aliphatic carbocycles. The van der Waals surface area contributed by atoms with Crippen molar-refractivity contribution in [2.75, 3.05) is 11.9 Å². The van der Waals surface area contributed by atoms with Crippen LogP contribution in [0.15, 0.2) is 47.7 Å². The summed E-state index contributed by atoms with van der Waals surface area (Å²) >= 11 is 0. The van der Waals surface area contributed by atoms with E-state index in [0.29, 0.717) is 30.6 Å². The van der Waals surface area contributed by atoms with Crippen molar-refractivity contribution >= 4 is 17.5 Å². The van der Waals surface area contributed by atoms with Gasteiger partial charge in [-0.1, -0.05) is 0 Å². The van der Waals surface area contributed by atoms with Crippen LogP contribution in [0.5, 0.6) is 0 Å². The summed E-state index contributed by atoms with van der Waals surface area (Å²) in [5.74, 6) is -0.353. The first-order valence-electron chi connectivity index (χ1n) is 9.75. The van der Waals surface area contributed by atoms with Crippen LogP contribution in [0.4, 0.5) is 5.69 Å². The van der Waals surface area contributed by atoms with Crippen LogP contribution in [-0.4, -0.2) is 38.1 Å². The van der Waals surface area contributed by atoms with Gasteiger partial charge in [0, 0.05) is 31.2 Å². The number of aromatic nitrogens is 4. The van der Waals surface area contributed by atoms with Gasteiger partial charge in [0.15, 0.2) is 0 Å². The summed E-state index contributed by atoms with van der Waals surface area (Å²) in [5, 5.41) is 9.91. The van der Waals surface area contributed by atoms with E-state index >= 15 is 0 Å². The van der Waals surface area contributed by atoms with E-state index in [1.807, 2.05) is 4.68 Å². The number of nitrogens with one attached hydrogen (secondary N) is 3. The van der Waals surface area contributed by atoms with Crippen molar-refractivity contribution in [1.82, 2.24) is 25.1 Å². The fourth-order valence-electron chi connectivity index (χ4n) is 3.56. The molecule has 0 unspecified atom stereocenters. The molecule has 0 spiro atoms. The lowest BCUT2D eigenvalue weighted by molar-refractivity contribution is 0.0942. The molecule has 2 amide bonds. The number of nitrogens with zero attached hydrogens (tertiary/aromatic N) is 3. The number of carbonyl (C=O) groups is 2. The third kappa shape index (κ3) is 4.14. The molecule has 4 rings (SSSR count). The maximum absolute atomic E-state index is 12.7. The van der Waals surface area contributed by atoms with E-state index in [2.05, 4.69) is 25.7 Å². The average molecular weight is 406 g/mol. The van der Waals surface area contributed by atoms with E-state index in [0.717, 1.165) is 17.8 Å². The molecule has 1 aliphatic heterocycles. The molecular formula is C21H22N6O3. The molecule has 0 fully saturated rings. The van der Waals surface area contributed by atoms with Crippen molar-refractivity contribution in [3.8, 4) is 0 Å². The first-order chi connectivity index (χ1) is 14.5. The molecule has 1 atom stereocenters. The third-order valence-corrected chi connectivity index (χ3v) is 5.20. The maximum Gasteiger partial charge on any atom is 0.271 e.